The molecule has 0 radical (unpaired) electrons. The summed E-state index contributed by atoms with van der Waals surface area (Å²) in [5.41, 5.74) is 2.09. The molecule has 0 unspecified atom stereocenters. The van der Waals surface area contributed by atoms with Gasteiger partial charge in [0.25, 0.3) is 0 Å². The highest BCUT2D eigenvalue weighted by molar-refractivity contribution is 7.16. The van der Waals surface area contributed by atoms with Gasteiger partial charge in [0.05, 0.1) is 16.8 Å². The molecule has 1 aromatic carbocycles. The fourth-order valence-electron chi connectivity index (χ4n) is 3.76. The van der Waals surface area contributed by atoms with Crippen molar-refractivity contribution in [2.75, 3.05) is 38.9 Å². The summed E-state index contributed by atoms with van der Waals surface area (Å²) in [6.07, 6.45) is 0. The third kappa shape index (κ3) is 7.90. The Morgan fingerprint density at radius 2 is 1.98 bits per heavy atom. The summed E-state index contributed by atoms with van der Waals surface area (Å²) < 4.78 is 19.5. The minimum Gasteiger partial charge on any atom is -0.461 e. The van der Waals surface area contributed by atoms with E-state index in [0.29, 0.717) is 28.4 Å². The first kappa shape index (κ1) is 31.5. The van der Waals surface area contributed by atoms with Crippen LogP contribution < -0.4 is 9.70 Å². The summed E-state index contributed by atoms with van der Waals surface area (Å²) >= 11 is 2.87. The number of nitrogens with zero attached hydrogens (tertiary/aromatic N) is 6. The molecule has 0 N–H and O–H groups in total. The van der Waals surface area contributed by atoms with Gasteiger partial charge in [-0.2, -0.15) is 4.99 Å². The molecular weight excluding hydrogens is 589 g/mol. The number of methoxy groups -OCH3 is 1. The molecule has 10 nitrogen and oxygen atoms in total. The highest BCUT2D eigenvalue weighted by Crippen LogP contribution is 2.31. The van der Waals surface area contributed by atoms with E-state index in [9.17, 15) is 4.79 Å². The Labute approximate surface area is 255 Å². The smallest absolute Gasteiger partial charge is 0.359 e. The topological polar surface area (TPSA) is 104 Å². The second-order valence-corrected chi connectivity index (χ2v) is 18.2. The van der Waals surface area contributed by atoms with Crippen molar-refractivity contribution in [1.82, 2.24) is 19.7 Å². The highest BCUT2D eigenvalue weighted by Gasteiger charge is 2.22. The van der Waals surface area contributed by atoms with Crippen molar-refractivity contribution >= 4 is 63.7 Å². The number of fused-ring (bicyclic) bond motifs is 1. The summed E-state index contributed by atoms with van der Waals surface area (Å²) in [5.74, 6) is 6.40. The van der Waals surface area contributed by atoms with Crippen molar-refractivity contribution in [2.24, 2.45) is 4.99 Å². The van der Waals surface area contributed by atoms with Crippen LogP contribution in [0.5, 0.6) is 0 Å². The lowest BCUT2D eigenvalue weighted by atomic mass is 10.3. The van der Waals surface area contributed by atoms with Gasteiger partial charge in [-0.3, -0.25) is 4.57 Å². The van der Waals surface area contributed by atoms with E-state index in [1.807, 2.05) is 32.2 Å². The molecule has 13 heteroatoms. The van der Waals surface area contributed by atoms with E-state index < -0.39 is 14.0 Å². The van der Waals surface area contributed by atoms with Crippen LogP contribution in [0.15, 0.2) is 35.3 Å². The first-order valence-corrected chi connectivity index (χ1v) is 18.9. The number of esters is 1. The molecule has 0 amide bonds. The number of hydrogen-bond donors (Lipinski definition) is 0. The van der Waals surface area contributed by atoms with E-state index in [1.165, 1.54) is 11.3 Å². The van der Waals surface area contributed by atoms with Gasteiger partial charge < -0.3 is 19.1 Å². The molecule has 0 bridgehead atoms. The third-order valence-corrected chi connectivity index (χ3v) is 9.90. The van der Waals surface area contributed by atoms with Crippen LogP contribution >= 0.6 is 22.7 Å². The van der Waals surface area contributed by atoms with Gasteiger partial charge in [0.1, 0.15) is 18.2 Å². The Bertz CT molecular complexity index is 1680. The number of carbonyl (C=O) groups is 1. The lowest BCUT2D eigenvalue weighted by Gasteiger charge is -2.16. The number of thiazole rings is 2. The average Bonchev–Trinajstić information content (AvgIpc) is 3.53. The molecular formula is C29H36N6O4S2Si. The predicted octanol–water partition coefficient (Wildman–Crippen LogP) is 5.74. The number of hydrogen-bond acceptors (Lipinski definition) is 11. The maximum atomic E-state index is 12.5. The van der Waals surface area contributed by atoms with Crippen LogP contribution in [0.1, 0.15) is 27.9 Å². The van der Waals surface area contributed by atoms with E-state index in [-0.39, 0.29) is 18.9 Å². The minimum atomic E-state index is -1.19. The van der Waals surface area contributed by atoms with Crippen molar-refractivity contribution in [1.29, 1.82) is 0 Å². The summed E-state index contributed by atoms with van der Waals surface area (Å²) in [5, 5.41) is 9.43. The second kappa shape index (κ2) is 14.2. The molecule has 0 atom stereocenters. The summed E-state index contributed by atoms with van der Waals surface area (Å²) in [6, 6.07) is 11.2. The van der Waals surface area contributed by atoms with Crippen molar-refractivity contribution in [2.45, 2.75) is 46.3 Å². The standard InChI is InChI=1S/C29H36N6O4S2Si/c1-8-39-27(36)25-23(14-11-15-37-4)41-28(30-25)34(3)24-18-20(2)26(33-32-24)31-29-35(19-38-16-17-42(5,6)7)21-12-9-10-13-22(21)40-29/h9-10,12-13,18H,8,15-17,19H2,1-7H3. The first-order chi connectivity index (χ1) is 20.1. The van der Waals surface area contributed by atoms with Crippen molar-refractivity contribution in [3.05, 3.63) is 51.3 Å². The maximum absolute atomic E-state index is 12.5. The molecule has 42 heavy (non-hydrogen) atoms. The molecule has 0 saturated carbocycles. The number of rotatable bonds is 11. The molecule has 0 fully saturated rings. The first-order valence-electron chi connectivity index (χ1n) is 13.6. The fourth-order valence-corrected chi connectivity index (χ4v) is 6.43. The lowest BCUT2D eigenvalue weighted by Crippen LogP contribution is -2.23. The molecule has 4 rings (SSSR count). The molecule has 0 aliphatic heterocycles. The van der Waals surface area contributed by atoms with Crippen LogP contribution in [0.2, 0.25) is 25.7 Å². The van der Waals surface area contributed by atoms with Gasteiger partial charge >= 0.3 is 5.97 Å². The lowest BCUT2D eigenvalue weighted by molar-refractivity contribution is 0.0520. The van der Waals surface area contributed by atoms with Crippen LogP contribution in [0.4, 0.5) is 16.8 Å². The van der Waals surface area contributed by atoms with E-state index in [0.717, 1.165) is 33.2 Å². The molecule has 3 aromatic heterocycles. The number of aryl methyl sites for hydroxylation is 1. The van der Waals surface area contributed by atoms with Crippen molar-refractivity contribution < 1.29 is 19.0 Å². The number of anilines is 2. The summed E-state index contributed by atoms with van der Waals surface area (Å²) in [4.78, 5) is 25.0. The molecule has 4 aromatic rings. The Kier molecular flexibility index (Phi) is 10.6. The Morgan fingerprint density at radius 1 is 1.19 bits per heavy atom. The SMILES string of the molecule is CCOC(=O)c1nc(N(C)c2cc(C)c(N=c3sc4ccccc4n3COCC[Si](C)(C)C)nn2)sc1C#CCOC. The van der Waals surface area contributed by atoms with E-state index in [1.54, 1.807) is 30.3 Å². The average molecular weight is 625 g/mol. The van der Waals surface area contributed by atoms with Crippen molar-refractivity contribution in [3.8, 4) is 11.8 Å². The van der Waals surface area contributed by atoms with Crippen molar-refractivity contribution in [3.63, 3.8) is 0 Å². The summed E-state index contributed by atoms with van der Waals surface area (Å²) in [6.45, 7) is 12.4. The van der Waals surface area contributed by atoms with E-state index in [4.69, 9.17) is 19.2 Å². The molecule has 0 aliphatic carbocycles. The Balaban J connectivity index is 1.63. The number of carbonyl (C=O) groups excluding carboxylic acids is 1. The van der Waals surface area contributed by atoms with Gasteiger partial charge in [0, 0.05) is 28.8 Å². The van der Waals surface area contributed by atoms with E-state index in [2.05, 4.69) is 63.4 Å². The largest absolute Gasteiger partial charge is 0.461 e. The minimum absolute atomic E-state index is 0.171. The Hall–Kier alpha value is -3.41. The maximum Gasteiger partial charge on any atom is 0.359 e. The Morgan fingerprint density at radius 3 is 2.69 bits per heavy atom. The third-order valence-electron chi connectivity index (χ3n) is 6.09. The second-order valence-electron chi connectivity index (χ2n) is 10.6. The van der Waals surface area contributed by atoms with E-state index >= 15 is 0 Å². The van der Waals surface area contributed by atoms with Gasteiger partial charge in [0.2, 0.25) is 0 Å². The highest BCUT2D eigenvalue weighted by atomic mass is 32.1. The summed E-state index contributed by atoms with van der Waals surface area (Å²) in [7, 11) is 2.19. The number of ether oxygens (including phenoxy) is 3. The number of aromatic nitrogens is 4. The van der Waals surface area contributed by atoms with Gasteiger partial charge in [0.15, 0.2) is 27.3 Å². The number of para-hydroxylation sites is 1. The van der Waals surface area contributed by atoms with Crippen LogP contribution in [0.25, 0.3) is 10.2 Å². The number of benzene rings is 1. The molecule has 0 aliphatic rings. The van der Waals surface area contributed by atoms with Crippen LogP contribution in [-0.4, -0.2) is 67.8 Å². The van der Waals surface area contributed by atoms with Crippen LogP contribution in [0, 0.1) is 18.8 Å². The molecule has 222 valence electrons. The molecule has 3 heterocycles. The van der Waals surface area contributed by atoms with Gasteiger partial charge in [-0.25, -0.2) is 9.78 Å². The van der Waals surface area contributed by atoms with Crippen LogP contribution in [0.3, 0.4) is 0 Å². The monoisotopic (exact) mass is 624 g/mol. The quantitative estimate of drug-likeness (QED) is 0.0900. The van der Waals surface area contributed by atoms with Gasteiger partial charge in [-0.1, -0.05) is 66.3 Å². The zero-order valence-electron chi connectivity index (χ0n) is 25.1. The molecule has 0 saturated heterocycles. The zero-order valence-corrected chi connectivity index (χ0v) is 27.7. The van der Waals surface area contributed by atoms with Gasteiger partial charge in [-0.05, 0) is 43.7 Å². The predicted molar refractivity (Wildman–Crippen MR) is 171 cm³/mol. The fraction of sp³-hybridized carbons (Fsp3) is 0.414. The zero-order chi connectivity index (χ0) is 30.3. The van der Waals surface area contributed by atoms with Gasteiger partial charge in [-0.15, -0.1) is 10.2 Å². The normalized spacial score (nSPS) is 11.9. The van der Waals surface area contributed by atoms with Crippen LogP contribution in [-0.2, 0) is 20.9 Å². The molecule has 0 spiro atoms.